The highest BCUT2D eigenvalue weighted by molar-refractivity contribution is 5.89. The molecule has 1 unspecified atom stereocenters. The molecule has 2 aromatic rings. The molecule has 114 valence electrons. The first kappa shape index (κ1) is 14.3. The van der Waals surface area contributed by atoms with Crippen LogP contribution in [0.1, 0.15) is 37.7 Å². The molecule has 2 aliphatic rings. The minimum absolute atomic E-state index is 0.529. The summed E-state index contributed by atoms with van der Waals surface area (Å²) in [5.41, 5.74) is 5.93. The largest absolute Gasteiger partial charge is 0.0798 e. The maximum absolute atomic E-state index is 2.40. The number of hydrogen-bond donors (Lipinski definition) is 0. The van der Waals surface area contributed by atoms with Crippen LogP contribution in [0.4, 0.5) is 0 Å². The first-order chi connectivity index (χ1) is 11.4. The summed E-state index contributed by atoms with van der Waals surface area (Å²) in [6.45, 7) is 2.29. The van der Waals surface area contributed by atoms with Crippen LogP contribution < -0.4 is 10.4 Å². The van der Waals surface area contributed by atoms with Gasteiger partial charge in [-0.15, -0.1) is 0 Å². The number of fused-ring (bicyclic) bond motifs is 2. The van der Waals surface area contributed by atoms with E-state index in [1.54, 1.807) is 5.57 Å². The maximum Gasteiger partial charge on any atom is 0.00604 e. The van der Waals surface area contributed by atoms with Crippen LogP contribution in [0.3, 0.4) is 0 Å². The minimum atomic E-state index is 0.529. The van der Waals surface area contributed by atoms with Gasteiger partial charge < -0.3 is 0 Å². The third-order valence-corrected chi connectivity index (χ3v) is 5.01. The van der Waals surface area contributed by atoms with Gasteiger partial charge in [0.15, 0.2) is 0 Å². The van der Waals surface area contributed by atoms with Crippen molar-refractivity contribution in [1.29, 1.82) is 0 Å². The lowest BCUT2D eigenvalue weighted by atomic mass is 9.79. The molecule has 0 saturated carbocycles. The summed E-state index contributed by atoms with van der Waals surface area (Å²) >= 11 is 0. The zero-order valence-corrected chi connectivity index (χ0v) is 13.6. The summed E-state index contributed by atoms with van der Waals surface area (Å²) in [5, 5.41) is 2.75. The minimum Gasteiger partial charge on any atom is -0.0798 e. The van der Waals surface area contributed by atoms with Gasteiger partial charge in [-0.25, -0.2) is 0 Å². The van der Waals surface area contributed by atoms with Gasteiger partial charge in [0.2, 0.25) is 0 Å². The molecule has 0 spiro atoms. The van der Waals surface area contributed by atoms with Gasteiger partial charge in [0.1, 0.15) is 0 Å². The average Bonchev–Trinajstić information content (AvgIpc) is 2.99. The molecular formula is C23H22. The molecule has 2 aromatic carbocycles. The Kier molecular flexibility index (Phi) is 3.75. The van der Waals surface area contributed by atoms with E-state index in [9.17, 15) is 0 Å². The molecule has 1 atom stereocenters. The summed E-state index contributed by atoms with van der Waals surface area (Å²) in [6, 6.07) is 19.8. The summed E-state index contributed by atoms with van der Waals surface area (Å²) in [6.07, 6.45) is 10.6. The molecule has 2 aliphatic carbocycles. The second-order valence-corrected chi connectivity index (χ2v) is 6.44. The van der Waals surface area contributed by atoms with Crippen LogP contribution in [0.15, 0.2) is 77.9 Å². The van der Waals surface area contributed by atoms with Gasteiger partial charge in [0, 0.05) is 5.92 Å². The number of benzene rings is 2. The number of hydrogen-bond acceptors (Lipinski definition) is 0. The Morgan fingerprint density at radius 3 is 2.52 bits per heavy atom. The smallest absolute Gasteiger partial charge is 0.00604 e. The normalized spacial score (nSPS) is 16.8. The second-order valence-electron chi connectivity index (χ2n) is 6.44. The molecule has 0 nitrogen and oxygen atoms in total. The van der Waals surface area contributed by atoms with Gasteiger partial charge in [-0.05, 0) is 46.1 Å². The highest BCUT2D eigenvalue weighted by Crippen LogP contribution is 2.39. The number of allylic oxidation sites excluding steroid dienone is 4. The van der Waals surface area contributed by atoms with Crippen LogP contribution in [0.5, 0.6) is 0 Å². The Labute approximate surface area is 138 Å². The summed E-state index contributed by atoms with van der Waals surface area (Å²) in [4.78, 5) is 0. The van der Waals surface area contributed by atoms with Crippen molar-refractivity contribution in [3.8, 4) is 0 Å². The van der Waals surface area contributed by atoms with Crippen molar-refractivity contribution in [3.63, 3.8) is 0 Å². The van der Waals surface area contributed by atoms with Crippen LogP contribution in [-0.4, -0.2) is 0 Å². The van der Waals surface area contributed by atoms with Gasteiger partial charge >= 0.3 is 0 Å². The molecule has 0 heterocycles. The van der Waals surface area contributed by atoms with Gasteiger partial charge in [0.25, 0.3) is 0 Å². The molecule has 0 bridgehead atoms. The van der Waals surface area contributed by atoms with Gasteiger partial charge in [-0.2, -0.15) is 0 Å². The van der Waals surface area contributed by atoms with Crippen LogP contribution >= 0.6 is 0 Å². The molecular weight excluding hydrogens is 276 g/mol. The lowest BCUT2D eigenvalue weighted by molar-refractivity contribution is 0.673. The van der Waals surface area contributed by atoms with Crippen molar-refractivity contribution < 1.29 is 0 Å². The second kappa shape index (κ2) is 6.04. The monoisotopic (exact) mass is 298 g/mol. The zero-order chi connectivity index (χ0) is 15.6. The first-order valence-corrected chi connectivity index (χ1v) is 8.64. The third kappa shape index (κ3) is 2.49. The van der Waals surface area contributed by atoms with Crippen molar-refractivity contribution in [1.82, 2.24) is 0 Å². The Bertz CT molecular complexity index is 895. The third-order valence-electron chi connectivity index (χ3n) is 5.01. The van der Waals surface area contributed by atoms with Crippen LogP contribution in [0.25, 0.3) is 11.6 Å². The quantitative estimate of drug-likeness (QED) is 0.781. The fraction of sp³-hybridized carbons (Fsp3) is 0.217. The van der Waals surface area contributed by atoms with E-state index in [-0.39, 0.29) is 0 Å². The first-order valence-electron chi connectivity index (χ1n) is 8.64. The number of rotatable bonds is 4. The van der Waals surface area contributed by atoms with Gasteiger partial charge in [-0.1, -0.05) is 85.7 Å². The molecule has 0 aliphatic heterocycles. The SMILES string of the molecule is CCCC(C1=C2C=c3ccccc3=C2C=CC1)c1ccccc1. The molecule has 23 heavy (non-hydrogen) atoms. The Hall–Kier alpha value is -2.34. The Balaban J connectivity index is 1.89. The summed E-state index contributed by atoms with van der Waals surface area (Å²) < 4.78 is 0. The van der Waals surface area contributed by atoms with Crippen molar-refractivity contribution in [3.05, 3.63) is 93.9 Å². The van der Waals surface area contributed by atoms with Crippen molar-refractivity contribution >= 4 is 11.6 Å². The van der Waals surface area contributed by atoms with E-state index >= 15 is 0 Å². The highest BCUT2D eigenvalue weighted by Gasteiger charge is 2.23. The van der Waals surface area contributed by atoms with Crippen LogP contribution in [0.2, 0.25) is 0 Å². The molecule has 0 aromatic heterocycles. The molecule has 0 fully saturated rings. The average molecular weight is 298 g/mol. The van der Waals surface area contributed by atoms with E-state index in [0.29, 0.717) is 5.92 Å². The molecule has 4 rings (SSSR count). The van der Waals surface area contributed by atoms with Crippen LogP contribution in [-0.2, 0) is 0 Å². The molecule has 0 saturated heterocycles. The van der Waals surface area contributed by atoms with Gasteiger partial charge in [0.05, 0.1) is 0 Å². The predicted octanol–water partition coefficient (Wildman–Crippen LogP) is 4.47. The highest BCUT2D eigenvalue weighted by atomic mass is 14.3. The van der Waals surface area contributed by atoms with Crippen molar-refractivity contribution in [2.75, 3.05) is 0 Å². The van der Waals surface area contributed by atoms with E-state index in [4.69, 9.17) is 0 Å². The fourth-order valence-corrected chi connectivity index (χ4v) is 3.95. The topological polar surface area (TPSA) is 0 Å². The van der Waals surface area contributed by atoms with E-state index in [2.05, 4.69) is 79.7 Å². The molecule has 0 N–H and O–H groups in total. The Morgan fingerprint density at radius 1 is 0.913 bits per heavy atom. The van der Waals surface area contributed by atoms with E-state index in [1.807, 2.05) is 0 Å². The fourth-order valence-electron chi connectivity index (χ4n) is 3.95. The van der Waals surface area contributed by atoms with Crippen molar-refractivity contribution in [2.45, 2.75) is 32.1 Å². The van der Waals surface area contributed by atoms with Crippen LogP contribution in [0, 0.1) is 0 Å². The lowest BCUT2D eigenvalue weighted by Crippen LogP contribution is -2.21. The molecule has 0 amide bonds. The lowest BCUT2D eigenvalue weighted by Gasteiger charge is -2.25. The zero-order valence-electron chi connectivity index (χ0n) is 13.6. The maximum atomic E-state index is 2.40. The standard InChI is InChI=1S/C23H22/c1-2-9-19(17-10-4-3-5-11-17)21-14-8-15-22-20-13-7-6-12-18(20)16-23(21)22/h3-8,10-13,15-16,19H,2,9,14H2,1H3. The molecule has 0 heteroatoms. The van der Waals surface area contributed by atoms with E-state index < -0.39 is 0 Å². The Morgan fingerprint density at radius 2 is 1.70 bits per heavy atom. The summed E-state index contributed by atoms with van der Waals surface area (Å²) in [7, 11) is 0. The predicted molar refractivity (Wildman–Crippen MR) is 98.4 cm³/mol. The van der Waals surface area contributed by atoms with Gasteiger partial charge in [-0.3, -0.25) is 0 Å². The van der Waals surface area contributed by atoms with E-state index in [0.717, 1.165) is 6.42 Å². The molecule has 0 radical (unpaired) electrons. The van der Waals surface area contributed by atoms with E-state index in [1.165, 1.54) is 40.0 Å². The summed E-state index contributed by atoms with van der Waals surface area (Å²) in [5.74, 6) is 0.529. The van der Waals surface area contributed by atoms with Crippen molar-refractivity contribution in [2.24, 2.45) is 0 Å².